The number of hydrogen-bond acceptors (Lipinski definition) is 3. The van der Waals surface area contributed by atoms with Gasteiger partial charge in [-0.15, -0.1) is 0 Å². The molecule has 1 atom stereocenters. The van der Waals surface area contributed by atoms with Crippen molar-refractivity contribution in [2.75, 3.05) is 0 Å². The van der Waals surface area contributed by atoms with E-state index in [1.54, 1.807) is 31.3 Å². The van der Waals surface area contributed by atoms with Crippen LogP contribution < -0.4 is 5.32 Å². The van der Waals surface area contributed by atoms with Gasteiger partial charge in [-0.2, -0.15) is 0 Å². The van der Waals surface area contributed by atoms with E-state index in [0.29, 0.717) is 27.9 Å². The van der Waals surface area contributed by atoms with Crippen LogP contribution in [-0.2, 0) is 0 Å². The number of pyridine rings is 2. The van der Waals surface area contributed by atoms with Gasteiger partial charge in [0.25, 0.3) is 0 Å². The van der Waals surface area contributed by atoms with Crippen LogP contribution >= 0.6 is 11.6 Å². The minimum absolute atomic E-state index is 0.284. The maximum atomic E-state index is 13.6. The van der Waals surface area contributed by atoms with Gasteiger partial charge in [-0.1, -0.05) is 17.7 Å². The number of nitrogens with zero attached hydrogens (tertiary/aromatic N) is 2. The number of carbonyl (C=O) groups is 1. The summed E-state index contributed by atoms with van der Waals surface area (Å²) in [5.74, 6) is -0.428. The fourth-order valence-corrected chi connectivity index (χ4v) is 2.88. The molecular formula is C17H13ClFN3O2. The highest BCUT2D eigenvalue weighted by Crippen LogP contribution is 2.37. The molecule has 0 aliphatic rings. The highest BCUT2D eigenvalue weighted by atomic mass is 35.5. The zero-order chi connectivity index (χ0) is 17.3. The number of halogens is 2. The van der Waals surface area contributed by atoms with Crippen LogP contribution in [0.2, 0.25) is 5.02 Å². The molecule has 0 saturated carbocycles. The third-order valence-electron chi connectivity index (χ3n) is 3.58. The quantitative estimate of drug-likeness (QED) is 0.737. The summed E-state index contributed by atoms with van der Waals surface area (Å²) in [4.78, 5) is 19.7. The van der Waals surface area contributed by atoms with E-state index < -0.39 is 18.0 Å². The lowest BCUT2D eigenvalue weighted by atomic mass is 10.0. The van der Waals surface area contributed by atoms with Crippen LogP contribution in [0.3, 0.4) is 0 Å². The Morgan fingerprint density at radius 2 is 2.12 bits per heavy atom. The molecule has 0 radical (unpaired) electrons. The molecule has 0 bridgehead atoms. The summed E-state index contributed by atoms with van der Waals surface area (Å²) >= 11 is 6.51. The first-order chi connectivity index (χ1) is 11.5. The normalized spacial score (nSPS) is 12.1. The largest absolute Gasteiger partial charge is 0.465 e. The predicted molar refractivity (Wildman–Crippen MR) is 89.5 cm³/mol. The second-order valence-electron chi connectivity index (χ2n) is 5.23. The number of hydrogen-bond donors (Lipinski definition) is 2. The van der Waals surface area contributed by atoms with Crippen molar-refractivity contribution >= 4 is 28.6 Å². The van der Waals surface area contributed by atoms with Crippen LogP contribution in [-0.4, -0.2) is 21.2 Å². The second-order valence-corrected chi connectivity index (χ2v) is 5.61. The van der Waals surface area contributed by atoms with Gasteiger partial charge in [0.05, 0.1) is 28.0 Å². The van der Waals surface area contributed by atoms with Gasteiger partial charge in [0.2, 0.25) is 0 Å². The van der Waals surface area contributed by atoms with Crippen molar-refractivity contribution in [1.29, 1.82) is 0 Å². The van der Waals surface area contributed by atoms with Crippen LogP contribution in [0.15, 0.2) is 42.6 Å². The summed E-state index contributed by atoms with van der Waals surface area (Å²) in [6.07, 6.45) is 0.423. The van der Waals surface area contributed by atoms with Gasteiger partial charge in [0.1, 0.15) is 5.82 Å². The molecule has 0 aliphatic heterocycles. The van der Waals surface area contributed by atoms with Crippen LogP contribution in [0.25, 0.3) is 22.2 Å². The molecule has 3 aromatic rings. The first-order valence-electron chi connectivity index (χ1n) is 7.17. The van der Waals surface area contributed by atoms with E-state index in [-0.39, 0.29) is 5.02 Å². The van der Waals surface area contributed by atoms with Gasteiger partial charge in [0.15, 0.2) is 0 Å². The van der Waals surface area contributed by atoms with Crippen LogP contribution in [0, 0.1) is 5.82 Å². The highest BCUT2D eigenvalue weighted by molar-refractivity contribution is 6.38. The van der Waals surface area contributed by atoms with Crippen molar-refractivity contribution in [3.05, 3.63) is 59.1 Å². The SMILES string of the molecule is CC(NC(=O)O)c1nc2ccc(F)cc2c(Cl)c1-c1ccccn1. The number of rotatable bonds is 3. The first-order valence-corrected chi connectivity index (χ1v) is 7.54. The number of amides is 1. The maximum absolute atomic E-state index is 13.6. The summed E-state index contributed by atoms with van der Waals surface area (Å²) in [5.41, 5.74) is 1.93. The topological polar surface area (TPSA) is 75.1 Å². The third-order valence-corrected chi connectivity index (χ3v) is 3.98. The lowest BCUT2D eigenvalue weighted by Gasteiger charge is -2.18. The van der Waals surface area contributed by atoms with Crippen molar-refractivity contribution in [3.8, 4) is 11.3 Å². The Balaban J connectivity index is 2.31. The van der Waals surface area contributed by atoms with Crippen molar-refractivity contribution < 1.29 is 14.3 Å². The molecule has 0 fully saturated rings. The molecule has 122 valence electrons. The molecule has 0 spiro atoms. The Labute approximate surface area is 142 Å². The average molecular weight is 346 g/mol. The van der Waals surface area contributed by atoms with Crippen molar-refractivity contribution in [2.24, 2.45) is 0 Å². The van der Waals surface area contributed by atoms with Gasteiger partial charge >= 0.3 is 6.09 Å². The number of carboxylic acid groups (broad SMARTS) is 1. The van der Waals surface area contributed by atoms with Gasteiger partial charge < -0.3 is 10.4 Å². The molecule has 24 heavy (non-hydrogen) atoms. The van der Waals surface area contributed by atoms with E-state index in [0.717, 1.165) is 0 Å². The molecule has 0 saturated heterocycles. The Morgan fingerprint density at radius 3 is 2.79 bits per heavy atom. The van der Waals surface area contributed by atoms with Gasteiger partial charge in [-0.05, 0) is 37.3 Å². The molecule has 2 N–H and O–H groups in total. The summed E-state index contributed by atoms with van der Waals surface area (Å²) in [6, 6.07) is 8.76. The van der Waals surface area contributed by atoms with E-state index in [9.17, 15) is 9.18 Å². The molecule has 1 amide bonds. The fourth-order valence-electron chi connectivity index (χ4n) is 2.54. The molecule has 1 unspecified atom stereocenters. The molecule has 3 rings (SSSR count). The number of fused-ring (bicyclic) bond motifs is 1. The molecule has 0 aliphatic carbocycles. The lowest BCUT2D eigenvalue weighted by molar-refractivity contribution is 0.190. The summed E-state index contributed by atoms with van der Waals surface area (Å²) in [7, 11) is 0. The zero-order valence-corrected chi connectivity index (χ0v) is 13.4. The standard InChI is InChI=1S/C17H13ClFN3O2/c1-9(21-17(23)24)16-14(13-4-2-3-7-20-13)15(18)11-8-10(19)5-6-12(11)22-16/h2-9,21H,1H3,(H,23,24). The summed E-state index contributed by atoms with van der Waals surface area (Å²) in [5, 5.41) is 12.1. The number of benzene rings is 1. The van der Waals surface area contributed by atoms with Crippen LogP contribution in [0.4, 0.5) is 9.18 Å². The van der Waals surface area contributed by atoms with Crippen molar-refractivity contribution in [2.45, 2.75) is 13.0 Å². The van der Waals surface area contributed by atoms with Crippen molar-refractivity contribution in [1.82, 2.24) is 15.3 Å². The predicted octanol–water partition coefficient (Wildman–Crippen LogP) is 4.42. The Kier molecular flexibility index (Phi) is 4.31. The molecule has 5 nitrogen and oxygen atoms in total. The van der Waals surface area contributed by atoms with Crippen molar-refractivity contribution in [3.63, 3.8) is 0 Å². The monoisotopic (exact) mass is 345 g/mol. The van der Waals surface area contributed by atoms with E-state index in [4.69, 9.17) is 16.7 Å². The maximum Gasteiger partial charge on any atom is 0.405 e. The summed E-state index contributed by atoms with van der Waals surface area (Å²) in [6.45, 7) is 1.66. The Morgan fingerprint density at radius 1 is 1.33 bits per heavy atom. The number of nitrogens with one attached hydrogen (secondary N) is 1. The first kappa shape index (κ1) is 16.1. The van der Waals surface area contributed by atoms with E-state index >= 15 is 0 Å². The minimum Gasteiger partial charge on any atom is -0.465 e. The molecular weight excluding hydrogens is 333 g/mol. The van der Waals surface area contributed by atoms with Crippen LogP contribution in [0.1, 0.15) is 18.7 Å². The molecule has 2 heterocycles. The molecule has 2 aromatic heterocycles. The van der Waals surface area contributed by atoms with Crippen LogP contribution in [0.5, 0.6) is 0 Å². The zero-order valence-electron chi connectivity index (χ0n) is 12.6. The average Bonchev–Trinajstić information content (AvgIpc) is 2.55. The Bertz CT molecular complexity index is 919. The van der Waals surface area contributed by atoms with E-state index in [1.807, 2.05) is 0 Å². The lowest BCUT2D eigenvalue weighted by Crippen LogP contribution is -2.25. The minimum atomic E-state index is -1.17. The summed E-state index contributed by atoms with van der Waals surface area (Å²) < 4.78 is 13.6. The number of aromatic nitrogens is 2. The van der Waals surface area contributed by atoms with Gasteiger partial charge in [-0.3, -0.25) is 4.98 Å². The van der Waals surface area contributed by atoms with E-state index in [1.165, 1.54) is 18.2 Å². The third kappa shape index (κ3) is 3.00. The van der Waals surface area contributed by atoms with Gasteiger partial charge in [-0.25, -0.2) is 14.2 Å². The highest BCUT2D eigenvalue weighted by Gasteiger charge is 2.22. The fraction of sp³-hybridized carbons (Fsp3) is 0.118. The second kappa shape index (κ2) is 6.41. The van der Waals surface area contributed by atoms with E-state index in [2.05, 4.69) is 15.3 Å². The van der Waals surface area contributed by atoms with Gasteiger partial charge in [0, 0.05) is 17.1 Å². The smallest absolute Gasteiger partial charge is 0.405 e. The molecule has 7 heteroatoms. The Hall–Kier alpha value is -2.73. The molecule has 1 aromatic carbocycles.